The molecule has 1 aromatic carbocycles. The average Bonchev–Trinajstić information content (AvgIpc) is 2.44. The maximum Gasteiger partial charge on any atom is 0.137 e. The number of benzene rings is 1. The Morgan fingerprint density at radius 3 is 2.63 bits per heavy atom. The molecule has 1 fully saturated rings. The van der Waals surface area contributed by atoms with Crippen molar-refractivity contribution in [3.8, 4) is 0 Å². The summed E-state index contributed by atoms with van der Waals surface area (Å²) in [5.74, 6) is 0.377. The summed E-state index contributed by atoms with van der Waals surface area (Å²) in [5, 5.41) is 3.39. The third kappa shape index (κ3) is 3.56. The van der Waals surface area contributed by atoms with Crippen molar-refractivity contribution < 1.29 is 4.39 Å². The van der Waals surface area contributed by atoms with Gasteiger partial charge in [0.15, 0.2) is 0 Å². The maximum absolute atomic E-state index is 13.4. The Morgan fingerprint density at radius 1 is 1.37 bits per heavy atom. The fourth-order valence-corrected chi connectivity index (χ4v) is 3.18. The Morgan fingerprint density at radius 2 is 2.05 bits per heavy atom. The summed E-state index contributed by atoms with van der Waals surface area (Å²) in [6, 6.07) is 5.81. The second-order valence-electron chi connectivity index (χ2n) is 5.29. The van der Waals surface area contributed by atoms with E-state index in [1.807, 2.05) is 12.1 Å². The Hall–Kier alpha value is -0.450. The van der Waals surface area contributed by atoms with Gasteiger partial charge in [-0.05, 0) is 39.5 Å². The highest BCUT2D eigenvalue weighted by atomic mass is 79.9. The van der Waals surface area contributed by atoms with Crippen LogP contribution in [-0.4, -0.2) is 31.1 Å². The predicted molar refractivity (Wildman–Crippen MR) is 80.7 cm³/mol. The molecule has 2 rings (SSSR count). The minimum atomic E-state index is -0.188. The predicted octanol–water partition coefficient (Wildman–Crippen LogP) is 3.58. The molecule has 1 aliphatic rings. The van der Waals surface area contributed by atoms with E-state index >= 15 is 0 Å². The molecule has 0 amide bonds. The number of rotatable bonds is 4. The molecular weight excluding hydrogens is 307 g/mol. The van der Waals surface area contributed by atoms with E-state index in [1.54, 1.807) is 6.07 Å². The van der Waals surface area contributed by atoms with Gasteiger partial charge >= 0.3 is 0 Å². The van der Waals surface area contributed by atoms with Crippen molar-refractivity contribution in [2.45, 2.75) is 26.3 Å². The van der Waals surface area contributed by atoms with Crippen molar-refractivity contribution >= 4 is 15.9 Å². The lowest BCUT2D eigenvalue weighted by atomic mass is 9.90. The van der Waals surface area contributed by atoms with E-state index in [9.17, 15) is 4.39 Å². The van der Waals surface area contributed by atoms with Gasteiger partial charge in [0.05, 0.1) is 4.47 Å². The normalized spacial score (nSPS) is 20.2. The van der Waals surface area contributed by atoms with E-state index in [4.69, 9.17) is 0 Å². The van der Waals surface area contributed by atoms with Crippen molar-refractivity contribution in [1.29, 1.82) is 0 Å². The zero-order chi connectivity index (χ0) is 13.8. The molecule has 1 unspecified atom stereocenters. The number of piperazine rings is 1. The van der Waals surface area contributed by atoms with Gasteiger partial charge in [-0.1, -0.05) is 26.3 Å². The van der Waals surface area contributed by atoms with Gasteiger partial charge in [0, 0.05) is 32.2 Å². The molecule has 19 heavy (non-hydrogen) atoms. The van der Waals surface area contributed by atoms with E-state index in [-0.39, 0.29) is 5.82 Å². The van der Waals surface area contributed by atoms with Crippen LogP contribution in [0.3, 0.4) is 0 Å². The zero-order valence-corrected chi connectivity index (χ0v) is 13.2. The molecule has 106 valence electrons. The van der Waals surface area contributed by atoms with E-state index in [1.165, 1.54) is 5.56 Å². The number of halogens is 2. The smallest absolute Gasteiger partial charge is 0.137 e. The first-order valence-corrected chi connectivity index (χ1v) is 7.82. The van der Waals surface area contributed by atoms with Crippen LogP contribution in [0.15, 0.2) is 22.7 Å². The summed E-state index contributed by atoms with van der Waals surface area (Å²) in [4.78, 5) is 2.52. The van der Waals surface area contributed by atoms with Crippen molar-refractivity contribution in [2.75, 3.05) is 26.2 Å². The summed E-state index contributed by atoms with van der Waals surface area (Å²) in [7, 11) is 0. The first-order valence-electron chi connectivity index (χ1n) is 7.03. The zero-order valence-electron chi connectivity index (χ0n) is 11.6. The number of nitrogens with one attached hydrogen (secondary N) is 1. The van der Waals surface area contributed by atoms with Crippen LogP contribution in [0, 0.1) is 11.7 Å². The largest absolute Gasteiger partial charge is 0.314 e. The molecule has 0 spiro atoms. The lowest BCUT2D eigenvalue weighted by molar-refractivity contribution is 0.128. The van der Waals surface area contributed by atoms with Crippen LogP contribution in [0.2, 0.25) is 0 Å². The first kappa shape index (κ1) is 14.9. The molecule has 0 radical (unpaired) electrons. The van der Waals surface area contributed by atoms with Gasteiger partial charge in [0.25, 0.3) is 0 Å². The van der Waals surface area contributed by atoms with Crippen LogP contribution in [-0.2, 0) is 0 Å². The summed E-state index contributed by atoms with van der Waals surface area (Å²) < 4.78 is 14.0. The van der Waals surface area contributed by atoms with Gasteiger partial charge in [-0.3, -0.25) is 4.90 Å². The van der Waals surface area contributed by atoms with Gasteiger partial charge in [-0.25, -0.2) is 4.39 Å². The number of hydrogen-bond donors (Lipinski definition) is 1. The Labute approximate surface area is 123 Å². The molecule has 0 aliphatic carbocycles. The molecule has 4 heteroatoms. The number of nitrogens with zero attached hydrogens (tertiary/aromatic N) is 1. The molecule has 1 saturated heterocycles. The highest BCUT2D eigenvalue weighted by molar-refractivity contribution is 9.10. The maximum atomic E-state index is 13.4. The SMILES string of the molecule is CCC(C)[C@@H](c1ccc(F)c(Br)c1)N1CCNCC1. The Bertz CT molecular complexity index is 419. The van der Waals surface area contributed by atoms with E-state index in [0.717, 1.165) is 32.6 Å². The Balaban J connectivity index is 2.27. The van der Waals surface area contributed by atoms with E-state index in [2.05, 4.69) is 40.0 Å². The van der Waals surface area contributed by atoms with Crippen molar-refractivity contribution in [3.63, 3.8) is 0 Å². The second kappa shape index (κ2) is 6.82. The molecule has 1 N–H and O–H groups in total. The lowest BCUT2D eigenvalue weighted by Crippen LogP contribution is -2.46. The van der Waals surface area contributed by atoms with Crippen molar-refractivity contribution in [2.24, 2.45) is 5.92 Å². The van der Waals surface area contributed by atoms with Gasteiger partial charge in [-0.2, -0.15) is 0 Å². The molecule has 0 aromatic heterocycles. The van der Waals surface area contributed by atoms with Crippen molar-refractivity contribution in [1.82, 2.24) is 10.2 Å². The summed E-state index contributed by atoms with van der Waals surface area (Å²) in [6.07, 6.45) is 1.13. The molecule has 1 heterocycles. The van der Waals surface area contributed by atoms with Gasteiger partial charge in [-0.15, -0.1) is 0 Å². The lowest BCUT2D eigenvalue weighted by Gasteiger charge is -2.38. The van der Waals surface area contributed by atoms with Crippen molar-refractivity contribution in [3.05, 3.63) is 34.1 Å². The van der Waals surface area contributed by atoms with E-state index < -0.39 is 0 Å². The van der Waals surface area contributed by atoms with Crippen LogP contribution in [0.1, 0.15) is 31.9 Å². The molecule has 1 aliphatic heterocycles. The van der Waals surface area contributed by atoms with Gasteiger partial charge in [0.2, 0.25) is 0 Å². The number of hydrogen-bond acceptors (Lipinski definition) is 2. The molecule has 2 nitrogen and oxygen atoms in total. The molecule has 1 aromatic rings. The third-order valence-electron chi connectivity index (χ3n) is 4.01. The first-order chi connectivity index (χ1) is 9.13. The van der Waals surface area contributed by atoms with Crippen LogP contribution in [0.4, 0.5) is 4.39 Å². The third-order valence-corrected chi connectivity index (χ3v) is 4.62. The minimum Gasteiger partial charge on any atom is -0.314 e. The van der Waals surface area contributed by atoms with Crippen LogP contribution < -0.4 is 5.32 Å². The highest BCUT2D eigenvalue weighted by Crippen LogP contribution is 2.33. The fourth-order valence-electron chi connectivity index (χ4n) is 2.78. The average molecular weight is 329 g/mol. The van der Waals surface area contributed by atoms with Crippen LogP contribution >= 0.6 is 15.9 Å². The standard InChI is InChI=1S/C15H22BrFN2/c1-3-11(2)15(19-8-6-18-7-9-19)12-4-5-14(17)13(16)10-12/h4-5,10-11,15,18H,3,6-9H2,1-2H3/t11?,15-/m0/s1. The fraction of sp³-hybridized carbons (Fsp3) is 0.600. The highest BCUT2D eigenvalue weighted by Gasteiger charge is 2.26. The topological polar surface area (TPSA) is 15.3 Å². The molecule has 0 bridgehead atoms. The second-order valence-corrected chi connectivity index (χ2v) is 6.14. The van der Waals surface area contributed by atoms with Crippen LogP contribution in [0.5, 0.6) is 0 Å². The summed E-state index contributed by atoms with van der Waals surface area (Å²) in [5.41, 5.74) is 1.21. The summed E-state index contributed by atoms with van der Waals surface area (Å²) >= 11 is 3.30. The van der Waals surface area contributed by atoms with E-state index in [0.29, 0.717) is 16.4 Å². The summed E-state index contributed by atoms with van der Waals surface area (Å²) in [6.45, 7) is 8.70. The Kier molecular flexibility index (Phi) is 5.37. The molecule has 2 atom stereocenters. The molecule has 0 saturated carbocycles. The van der Waals surface area contributed by atoms with Crippen LogP contribution in [0.25, 0.3) is 0 Å². The monoisotopic (exact) mass is 328 g/mol. The van der Waals surface area contributed by atoms with Gasteiger partial charge in [0.1, 0.15) is 5.82 Å². The molecular formula is C15H22BrFN2. The van der Waals surface area contributed by atoms with Gasteiger partial charge < -0.3 is 5.32 Å². The minimum absolute atomic E-state index is 0.188. The quantitative estimate of drug-likeness (QED) is 0.908.